The van der Waals surface area contributed by atoms with E-state index in [2.05, 4.69) is 18.3 Å². The van der Waals surface area contributed by atoms with Crippen molar-refractivity contribution in [2.45, 2.75) is 0 Å². The Hall–Kier alpha value is -0.670. The molecule has 0 saturated heterocycles. The molecule has 0 N–H and O–H groups in total. The Bertz CT molecular complexity index is 750. The molecule has 0 atom stereocenters. The first-order valence-corrected chi connectivity index (χ1v) is 8.77. The lowest BCUT2D eigenvalue weighted by Crippen LogP contribution is -2.07. The van der Waals surface area contributed by atoms with Crippen LogP contribution in [0.25, 0.3) is 0 Å². The fraction of sp³-hybridized carbons (Fsp3) is 0. The molecule has 0 unspecified atom stereocenters. The van der Waals surface area contributed by atoms with E-state index in [0.29, 0.717) is 0 Å². The highest BCUT2D eigenvalue weighted by Crippen LogP contribution is 2.30. The summed E-state index contributed by atoms with van der Waals surface area (Å²) in [5.41, 5.74) is -0.475. The Kier molecular flexibility index (Phi) is 7.28. The third kappa shape index (κ3) is 5.17. The zero-order valence-corrected chi connectivity index (χ0v) is 16.7. The van der Waals surface area contributed by atoms with E-state index < -0.39 is 11.9 Å². The van der Waals surface area contributed by atoms with E-state index in [9.17, 15) is 9.59 Å². The molecule has 0 spiro atoms. The maximum absolute atomic E-state index is 11.8. The van der Waals surface area contributed by atoms with Crippen LogP contribution in [0.4, 0.5) is 0 Å². The van der Waals surface area contributed by atoms with Crippen LogP contribution in [-0.4, -0.2) is 21.9 Å². The lowest BCUT2D eigenvalue weighted by molar-refractivity contribution is 0.0696. The van der Waals surface area contributed by atoms with Gasteiger partial charge in [-0.2, -0.15) is 0 Å². The summed E-state index contributed by atoms with van der Waals surface area (Å²) in [5.74, 6) is -1.95. The number of nitrogens with zero attached hydrogens (tertiary/aromatic N) is 2. The molecular weight excluding hydrogens is 481 g/mol. The van der Waals surface area contributed by atoms with Crippen molar-refractivity contribution >= 4 is 93.9 Å². The molecule has 0 radical (unpaired) electrons. The molecule has 0 saturated carbocycles. The molecule has 2 rings (SSSR count). The Morgan fingerprint density at radius 3 is 1.44 bits per heavy atom. The summed E-state index contributed by atoms with van der Waals surface area (Å²) in [6.45, 7) is 0. The number of rotatable bonds is 4. The number of halogens is 6. The molecule has 0 fully saturated rings. The fourth-order valence-electron chi connectivity index (χ4n) is 1.31. The predicted molar refractivity (Wildman–Crippen MR) is 97.0 cm³/mol. The van der Waals surface area contributed by atoms with Crippen LogP contribution >= 0.6 is 81.9 Å². The Morgan fingerprint density at radius 2 is 1.12 bits per heavy atom. The van der Waals surface area contributed by atoms with E-state index in [1.807, 2.05) is 0 Å². The smallest absolute Gasteiger partial charge is 0.349 e. The van der Waals surface area contributed by atoms with Crippen molar-refractivity contribution in [3.8, 4) is 0 Å². The summed E-state index contributed by atoms with van der Waals surface area (Å²) in [7, 11) is 0. The molecule has 0 aliphatic heterocycles. The van der Waals surface area contributed by atoms with Gasteiger partial charge < -0.3 is 8.37 Å². The van der Waals surface area contributed by atoms with E-state index in [4.69, 9.17) is 69.6 Å². The third-order valence-electron chi connectivity index (χ3n) is 2.38. The van der Waals surface area contributed by atoms with Gasteiger partial charge in [0.1, 0.15) is 10.3 Å². The van der Waals surface area contributed by atoms with E-state index >= 15 is 0 Å². The van der Waals surface area contributed by atoms with E-state index in [0.717, 1.165) is 12.1 Å². The molecule has 2 aromatic heterocycles. The molecule has 13 heteroatoms. The summed E-state index contributed by atoms with van der Waals surface area (Å²) in [6.07, 6.45) is 0. The summed E-state index contributed by atoms with van der Waals surface area (Å²) >= 11 is 34.4. The van der Waals surface area contributed by atoms with Crippen LogP contribution in [-0.2, 0) is 8.37 Å². The standard InChI is InChI=1S/C12H2Cl6N2O4S/c13-3-1-5(19-9(17)7(3)15)11(21)23-25-24-12(22)6-2-4(14)8(16)10(18)20-6/h1-2H. The van der Waals surface area contributed by atoms with Gasteiger partial charge >= 0.3 is 11.9 Å². The first kappa shape index (κ1) is 20.6. The van der Waals surface area contributed by atoms with Crippen LogP contribution in [0.3, 0.4) is 0 Å². The van der Waals surface area contributed by atoms with Crippen molar-refractivity contribution in [2.24, 2.45) is 0 Å². The molecule has 0 bridgehead atoms. The van der Waals surface area contributed by atoms with Gasteiger partial charge in [-0.25, -0.2) is 19.6 Å². The van der Waals surface area contributed by atoms with Gasteiger partial charge in [-0.05, 0) is 12.1 Å². The van der Waals surface area contributed by atoms with Crippen molar-refractivity contribution in [3.05, 3.63) is 53.9 Å². The summed E-state index contributed by atoms with van der Waals surface area (Å²) in [5, 5.41) is -0.380. The Morgan fingerprint density at radius 1 is 0.760 bits per heavy atom. The van der Waals surface area contributed by atoms with Gasteiger partial charge in [-0.1, -0.05) is 69.6 Å². The summed E-state index contributed by atoms with van der Waals surface area (Å²) < 4.78 is 9.29. The molecule has 6 nitrogen and oxygen atoms in total. The van der Waals surface area contributed by atoms with Crippen molar-refractivity contribution in [1.29, 1.82) is 0 Å². The highest BCUT2D eigenvalue weighted by atomic mass is 35.5. The van der Waals surface area contributed by atoms with Crippen molar-refractivity contribution in [2.75, 3.05) is 0 Å². The molecule has 0 aliphatic carbocycles. The highest BCUT2D eigenvalue weighted by Gasteiger charge is 2.19. The van der Waals surface area contributed by atoms with Crippen molar-refractivity contribution in [1.82, 2.24) is 9.97 Å². The normalized spacial score (nSPS) is 10.5. The van der Waals surface area contributed by atoms with Gasteiger partial charge in [0.15, 0.2) is 11.4 Å². The average molecular weight is 483 g/mol. The second-order valence-electron chi connectivity index (χ2n) is 4.00. The van der Waals surface area contributed by atoms with Crippen LogP contribution in [0.5, 0.6) is 0 Å². The fourth-order valence-corrected chi connectivity index (χ4v) is 2.70. The van der Waals surface area contributed by atoms with Gasteiger partial charge in [0.2, 0.25) is 0 Å². The zero-order chi connectivity index (χ0) is 18.7. The molecule has 2 heterocycles. The van der Waals surface area contributed by atoms with Gasteiger partial charge in [0, 0.05) is 0 Å². The zero-order valence-electron chi connectivity index (χ0n) is 11.4. The SMILES string of the molecule is O=C(OSOC(=O)c1cc(Cl)c(Cl)c(Cl)n1)c1cc(Cl)c(Cl)c(Cl)n1. The molecule has 0 amide bonds. The highest BCUT2D eigenvalue weighted by molar-refractivity contribution is 7.90. The first-order chi connectivity index (χ1) is 11.7. The average Bonchev–Trinajstić information content (AvgIpc) is 2.56. The minimum absolute atomic E-state index is 0.00487. The van der Waals surface area contributed by atoms with Gasteiger partial charge in [-0.3, -0.25) is 0 Å². The third-order valence-corrected chi connectivity index (χ3v) is 5.12. The quantitative estimate of drug-likeness (QED) is 0.392. The first-order valence-electron chi connectivity index (χ1n) is 5.83. The number of hydrogen-bond donors (Lipinski definition) is 0. The molecule has 2 aromatic rings. The lowest BCUT2D eigenvalue weighted by atomic mass is 10.3. The number of pyridine rings is 2. The van der Waals surface area contributed by atoms with E-state index in [1.165, 1.54) is 0 Å². The number of hydrogen-bond acceptors (Lipinski definition) is 7. The van der Waals surface area contributed by atoms with Gasteiger partial charge in [-0.15, -0.1) is 0 Å². The Balaban J connectivity index is 1.98. The molecular formula is C12H2Cl6N2O4S. The monoisotopic (exact) mass is 480 g/mol. The van der Waals surface area contributed by atoms with E-state index in [-0.39, 0.29) is 54.1 Å². The molecule has 132 valence electrons. The van der Waals surface area contributed by atoms with Crippen LogP contribution in [0, 0.1) is 0 Å². The van der Waals surface area contributed by atoms with Crippen molar-refractivity contribution in [3.63, 3.8) is 0 Å². The number of carbonyl (C=O) groups is 2. The molecule has 0 aromatic carbocycles. The maximum atomic E-state index is 11.8. The van der Waals surface area contributed by atoms with Crippen molar-refractivity contribution < 1.29 is 18.0 Å². The largest absolute Gasteiger partial charge is 0.371 e. The maximum Gasteiger partial charge on any atom is 0.371 e. The number of carbonyl (C=O) groups excluding carboxylic acids is 2. The minimum Gasteiger partial charge on any atom is -0.349 e. The predicted octanol–water partition coefficient (Wildman–Crippen LogP) is 5.97. The second-order valence-corrected chi connectivity index (χ2v) is 6.75. The van der Waals surface area contributed by atoms with Crippen LogP contribution in [0.2, 0.25) is 30.4 Å². The number of aromatic nitrogens is 2. The minimum atomic E-state index is -0.974. The van der Waals surface area contributed by atoms with Crippen LogP contribution < -0.4 is 0 Å². The van der Waals surface area contributed by atoms with Crippen LogP contribution in [0.15, 0.2) is 12.1 Å². The second kappa shape index (κ2) is 8.81. The summed E-state index contributed by atoms with van der Waals surface area (Å²) in [6, 6.07) is 2.28. The molecule has 25 heavy (non-hydrogen) atoms. The van der Waals surface area contributed by atoms with E-state index in [1.54, 1.807) is 0 Å². The lowest BCUT2D eigenvalue weighted by Gasteiger charge is -2.05. The molecule has 0 aliphatic rings. The van der Waals surface area contributed by atoms with Gasteiger partial charge in [0.25, 0.3) is 12.3 Å². The topological polar surface area (TPSA) is 78.4 Å². The van der Waals surface area contributed by atoms with Gasteiger partial charge in [0.05, 0.1) is 20.1 Å². The summed E-state index contributed by atoms with van der Waals surface area (Å²) in [4.78, 5) is 31.0. The Labute approximate surface area is 175 Å². The van der Waals surface area contributed by atoms with Crippen LogP contribution in [0.1, 0.15) is 21.0 Å².